The van der Waals surface area contributed by atoms with Crippen molar-refractivity contribution in [2.24, 2.45) is 0 Å². The van der Waals surface area contributed by atoms with E-state index in [1.54, 1.807) is 23.2 Å². The first kappa shape index (κ1) is 19.3. The molecule has 0 bridgehead atoms. The number of aromatic nitrogens is 4. The van der Waals surface area contributed by atoms with E-state index in [0.29, 0.717) is 11.8 Å². The lowest BCUT2D eigenvalue weighted by Gasteiger charge is -2.12. The number of benzene rings is 1. The summed E-state index contributed by atoms with van der Waals surface area (Å²) in [5.74, 6) is 0.245. The monoisotopic (exact) mass is 377 g/mol. The van der Waals surface area contributed by atoms with Crippen LogP contribution in [0.25, 0.3) is 23.0 Å². The van der Waals surface area contributed by atoms with Gasteiger partial charge in [-0.2, -0.15) is 10.1 Å². The van der Waals surface area contributed by atoms with Crippen molar-refractivity contribution in [2.75, 3.05) is 11.9 Å². The number of hydrogen-bond donors (Lipinski definition) is 2. The maximum absolute atomic E-state index is 10.8. The second kappa shape index (κ2) is 9.45. The Morgan fingerprint density at radius 2 is 2.18 bits per heavy atom. The van der Waals surface area contributed by atoms with Gasteiger partial charge in [0, 0.05) is 36.8 Å². The molecular formula is C21H23N5O2. The number of carboxylic acid groups (broad SMARTS) is 1. The standard InChI is InChI=1S/C21H23N5O2/c1-2-3-4-11-22-21-23-15-18(20(25-21)26-13-6-12-24-26)17-8-5-7-16(14-17)9-10-19(27)28/h5-10,12-15H,2-4,11H2,1H3,(H,27,28)(H,22,23,25)/b10-9+. The maximum Gasteiger partial charge on any atom is 0.328 e. The van der Waals surface area contributed by atoms with E-state index in [9.17, 15) is 4.79 Å². The molecule has 2 aromatic heterocycles. The Hall–Kier alpha value is -3.48. The summed E-state index contributed by atoms with van der Waals surface area (Å²) in [6, 6.07) is 9.41. The molecule has 3 rings (SSSR count). The van der Waals surface area contributed by atoms with Crippen LogP contribution in [0.1, 0.15) is 31.7 Å². The molecule has 0 unspecified atom stereocenters. The average Bonchev–Trinajstić information content (AvgIpc) is 3.24. The third-order valence-electron chi connectivity index (χ3n) is 4.17. The van der Waals surface area contributed by atoms with Gasteiger partial charge in [0.2, 0.25) is 5.95 Å². The summed E-state index contributed by atoms with van der Waals surface area (Å²) in [7, 11) is 0. The van der Waals surface area contributed by atoms with E-state index in [1.165, 1.54) is 0 Å². The topological polar surface area (TPSA) is 92.9 Å². The van der Waals surface area contributed by atoms with E-state index in [4.69, 9.17) is 5.11 Å². The molecule has 0 aliphatic rings. The Morgan fingerprint density at radius 3 is 2.93 bits per heavy atom. The van der Waals surface area contributed by atoms with Crippen LogP contribution in [0, 0.1) is 0 Å². The van der Waals surface area contributed by atoms with E-state index < -0.39 is 5.97 Å². The second-order valence-electron chi connectivity index (χ2n) is 6.31. The summed E-state index contributed by atoms with van der Waals surface area (Å²) in [5.41, 5.74) is 2.48. The molecule has 0 aliphatic heterocycles. The molecule has 0 saturated carbocycles. The highest BCUT2D eigenvalue weighted by Gasteiger charge is 2.12. The molecule has 0 fully saturated rings. The molecule has 144 valence electrons. The molecular weight excluding hydrogens is 354 g/mol. The predicted octanol–water partition coefficient (Wildman–Crippen LogP) is 4.03. The van der Waals surface area contributed by atoms with Crippen LogP contribution in [-0.2, 0) is 4.79 Å². The highest BCUT2D eigenvalue weighted by Crippen LogP contribution is 2.26. The van der Waals surface area contributed by atoms with Crippen molar-refractivity contribution in [3.05, 3.63) is 60.6 Å². The third-order valence-corrected chi connectivity index (χ3v) is 4.17. The highest BCUT2D eigenvalue weighted by molar-refractivity contribution is 5.85. The maximum atomic E-state index is 10.8. The number of carbonyl (C=O) groups is 1. The van der Waals surface area contributed by atoms with Crippen molar-refractivity contribution in [2.45, 2.75) is 26.2 Å². The normalized spacial score (nSPS) is 11.0. The number of aliphatic carboxylic acids is 1. The van der Waals surface area contributed by atoms with Crippen LogP contribution < -0.4 is 5.32 Å². The molecule has 1 aromatic carbocycles. The van der Waals surface area contributed by atoms with E-state index >= 15 is 0 Å². The first-order valence-electron chi connectivity index (χ1n) is 9.29. The molecule has 0 spiro atoms. The van der Waals surface area contributed by atoms with Crippen LogP contribution in [0.4, 0.5) is 5.95 Å². The van der Waals surface area contributed by atoms with Crippen LogP contribution in [0.3, 0.4) is 0 Å². The van der Waals surface area contributed by atoms with Crippen LogP contribution >= 0.6 is 0 Å². The van der Waals surface area contributed by atoms with E-state index in [-0.39, 0.29) is 0 Å². The van der Waals surface area contributed by atoms with Crippen molar-refractivity contribution in [1.29, 1.82) is 0 Å². The van der Waals surface area contributed by atoms with Gasteiger partial charge in [-0.25, -0.2) is 14.5 Å². The lowest BCUT2D eigenvalue weighted by Crippen LogP contribution is -2.09. The van der Waals surface area contributed by atoms with Gasteiger partial charge in [0.15, 0.2) is 5.82 Å². The van der Waals surface area contributed by atoms with E-state index in [2.05, 4.69) is 27.3 Å². The van der Waals surface area contributed by atoms with Gasteiger partial charge in [-0.3, -0.25) is 0 Å². The van der Waals surface area contributed by atoms with Crippen molar-refractivity contribution in [1.82, 2.24) is 19.7 Å². The second-order valence-corrected chi connectivity index (χ2v) is 6.31. The Labute approximate surface area is 163 Å². The van der Waals surface area contributed by atoms with Crippen molar-refractivity contribution in [3.8, 4) is 16.9 Å². The Bertz CT molecular complexity index is 951. The molecule has 7 heteroatoms. The van der Waals surface area contributed by atoms with Gasteiger partial charge in [-0.15, -0.1) is 0 Å². The van der Waals surface area contributed by atoms with Gasteiger partial charge >= 0.3 is 5.97 Å². The zero-order chi connectivity index (χ0) is 19.8. The largest absolute Gasteiger partial charge is 0.478 e. The summed E-state index contributed by atoms with van der Waals surface area (Å²) in [5, 5.41) is 16.4. The van der Waals surface area contributed by atoms with Gasteiger partial charge in [-0.05, 0) is 35.8 Å². The SMILES string of the molecule is CCCCCNc1ncc(-c2cccc(/C=C/C(=O)O)c2)c(-n2cccn2)n1. The smallest absolute Gasteiger partial charge is 0.328 e. The molecule has 0 amide bonds. The number of unbranched alkanes of at least 4 members (excludes halogenated alkanes) is 2. The molecule has 28 heavy (non-hydrogen) atoms. The fraction of sp³-hybridized carbons (Fsp3) is 0.238. The lowest BCUT2D eigenvalue weighted by molar-refractivity contribution is -0.131. The molecule has 0 saturated heterocycles. The fourth-order valence-electron chi connectivity index (χ4n) is 2.78. The number of hydrogen-bond acceptors (Lipinski definition) is 5. The van der Waals surface area contributed by atoms with Gasteiger partial charge in [-0.1, -0.05) is 38.0 Å². The average molecular weight is 377 g/mol. The molecule has 2 heterocycles. The van der Waals surface area contributed by atoms with Crippen LogP contribution in [0.5, 0.6) is 0 Å². The van der Waals surface area contributed by atoms with Gasteiger partial charge in [0.25, 0.3) is 0 Å². The van der Waals surface area contributed by atoms with Crippen LogP contribution in [-0.4, -0.2) is 37.4 Å². The third kappa shape index (κ3) is 5.03. The van der Waals surface area contributed by atoms with Crippen LogP contribution in [0.2, 0.25) is 0 Å². The van der Waals surface area contributed by atoms with Crippen molar-refractivity contribution < 1.29 is 9.90 Å². The Morgan fingerprint density at radius 1 is 1.29 bits per heavy atom. The highest BCUT2D eigenvalue weighted by atomic mass is 16.4. The Kier molecular flexibility index (Phi) is 6.51. The number of rotatable bonds is 9. The number of carboxylic acids is 1. The summed E-state index contributed by atoms with van der Waals surface area (Å²) in [6.07, 6.45) is 11.4. The van der Waals surface area contributed by atoms with Gasteiger partial charge < -0.3 is 10.4 Å². The molecule has 2 N–H and O–H groups in total. The summed E-state index contributed by atoms with van der Waals surface area (Å²) >= 11 is 0. The van der Waals surface area contributed by atoms with Crippen LogP contribution in [0.15, 0.2) is 55.0 Å². The van der Waals surface area contributed by atoms with Crippen molar-refractivity contribution in [3.63, 3.8) is 0 Å². The minimum absolute atomic E-state index is 0.562. The summed E-state index contributed by atoms with van der Waals surface area (Å²) in [6.45, 7) is 2.99. The molecule has 0 radical (unpaired) electrons. The van der Waals surface area contributed by atoms with Gasteiger partial charge in [0.1, 0.15) is 0 Å². The first-order chi connectivity index (χ1) is 13.7. The minimum atomic E-state index is -0.982. The van der Waals surface area contributed by atoms with E-state index in [1.807, 2.05) is 36.5 Å². The molecule has 3 aromatic rings. The summed E-state index contributed by atoms with van der Waals surface area (Å²) in [4.78, 5) is 19.9. The summed E-state index contributed by atoms with van der Waals surface area (Å²) < 4.78 is 1.70. The fourth-order valence-corrected chi connectivity index (χ4v) is 2.78. The zero-order valence-corrected chi connectivity index (χ0v) is 15.7. The first-order valence-corrected chi connectivity index (χ1v) is 9.29. The molecule has 0 atom stereocenters. The lowest BCUT2D eigenvalue weighted by atomic mass is 10.0. The minimum Gasteiger partial charge on any atom is -0.478 e. The quantitative estimate of drug-likeness (QED) is 0.432. The Balaban J connectivity index is 1.94. The van der Waals surface area contributed by atoms with Crippen molar-refractivity contribution >= 4 is 18.0 Å². The predicted molar refractivity (Wildman–Crippen MR) is 109 cm³/mol. The molecule has 7 nitrogen and oxygen atoms in total. The van der Waals surface area contributed by atoms with E-state index in [0.717, 1.165) is 48.6 Å². The number of nitrogens with one attached hydrogen (secondary N) is 1. The zero-order valence-electron chi connectivity index (χ0n) is 15.7. The molecule has 0 aliphatic carbocycles. The number of nitrogens with zero attached hydrogens (tertiary/aromatic N) is 4. The van der Waals surface area contributed by atoms with Gasteiger partial charge in [0.05, 0.1) is 0 Å². The number of anilines is 1.